The number of hydrogen-bond acceptors (Lipinski definition) is 7. The van der Waals surface area contributed by atoms with Gasteiger partial charge in [0.25, 0.3) is 0 Å². The second kappa shape index (κ2) is 7.99. The van der Waals surface area contributed by atoms with Crippen molar-refractivity contribution in [3.05, 3.63) is 54.4 Å². The Kier molecular flexibility index (Phi) is 5.03. The van der Waals surface area contributed by atoms with Crippen molar-refractivity contribution in [2.45, 2.75) is 25.3 Å². The second-order valence-electron chi connectivity index (χ2n) is 8.18. The number of fused-ring (bicyclic) bond motifs is 1. The van der Waals surface area contributed by atoms with E-state index in [9.17, 15) is 4.79 Å². The molecule has 0 bridgehead atoms. The molecule has 4 heterocycles. The van der Waals surface area contributed by atoms with E-state index in [-0.39, 0.29) is 12.2 Å². The molecule has 31 heavy (non-hydrogen) atoms. The number of aromatic nitrogens is 7. The van der Waals surface area contributed by atoms with Crippen LogP contribution in [0, 0.1) is 0 Å². The van der Waals surface area contributed by atoms with E-state index in [0.717, 1.165) is 48.1 Å². The summed E-state index contributed by atoms with van der Waals surface area (Å²) in [5.41, 5.74) is 3.09. The summed E-state index contributed by atoms with van der Waals surface area (Å²) in [5, 5.41) is 13.5. The third-order valence-corrected chi connectivity index (χ3v) is 5.84. The number of carbonyl (C=O) groups is 1. The van der Waals surface area contributed by atoms with Crippen LogP contribution in [-0.2, 0) is 13.5 Å². The molecule has 0 N–H and O–H groups in total. The van der Waals surface area contributed by atoms with Crippen molar-refractivity contribution in [1.82, 2.24) is 39.6 Å². The zero-order valence-electron chi connectivity index (χ0n) is 17.6. The van der Waals surface area contributed by atoms with Crippen LogP contribution in [0.25, 0.3) is 22.2 Å². The predicted octanol–water partition coefficient (Wildman–Crippen LogP) is 2.31. The number of ketones is 1. The quantitative estimate of drug-likeness (QED) is 0.461. The minimum absolute atomic E-state index is 0.0244. The Morgan fingerprint density at radius 2 is 1.97 bits per heavy atom. The molecule has 0 radical (unpaired) electrons. The molecule has 0 unspecified atom stereocenters. The number of piperidine rings is 1. The van der Waals surface area contributed by atoms with E-state index in [1.54, 1.807) is 17.1 Å². The first-order chi connectivity index (χ1) is 15.0. The largest absolute Gasteiger partial charge is 0.306 e. The Bertz CT molecular complexity index is 1240. The molecular formula is C22H24N8O. The molecule has 0 amide bonds. The number of likely N-dealkylation sites (tertiary alicyclic amines) is 1. The van der Waals surface area contributed by atoms with Crippen molar-refractivity contribution in [3.8, 4) is 11.3 Å². The highest BCUT2D eigenvalue weighted by molar-refractivity contribution is 5.97. The SMILES string of the molecule is CN1CCC(n2cc(C(=O)Cc3ncc4ccc(-c5cn(C)nn5)cc4n3)cn2)CC1. The van der Waals surface area contributed by atoms with Gasteiger partial charge in [-0.15, -0.1) is 5.10 Å². The maximum atomic E-state index is 12.8. The molecule has 0 aliphatic carbocycles. The fourth-order valence-corrected chi connectivity index (χ4v) is 3.97. The average molecular weight is 416 g/mol. The van der Waals surface area contributed by atoms with Crippen LogP contribution in [0.3, 0.4) is 0 Å². The number of carbonyl (C=O) groups excluding carboxylic acids is 1. The van der Waals surface area contributed by atoms with Gasteiger partial charge in [0.2, 0.25) is 0 Å². The molecule has 9 nitrogen and oxygen atoms in total. The predicted molar refractivity (Wildman–Crippen MR) is 116 cm³/mol. The van der Waals surface area contributed by atoms with Crippen LogP contribution in [0.2, 0.25) is 0 Å². The molecular weight excluding hydrogens is 392 g/mol. The average Bonchev–Trinajstić information content (AvgIpc) is 3.43. The van der Waals surface area contributed by atoms with Crippen molar-refractivity contribution >= 4 is 16.7 Å². The third kappa shape index (κ3) is 4.09. The minimum atomic E-state index is -0.0244. The zero-order valence-corrected chi connectivity index (χ0v) is 17.6. The summed E-state index contributed by atoms with van der Waals surface area (Å²) in [5.74, 6) is 0.476. The summed E-state index contributed by atoms with van der Waals surface area (Å²) in [6.07, 6.45) is 9.38. The van der Waals surface area contributed by atoms with Crippen LogP contribution in [0.4, 0.5) is 0 Å². The zero-order chi connectivity index (χ0) is 21.4. The van der Waals surface area contributed by atoms with Gasteiger partial charge in [-0.25, -0.2) is 9.97 Å². The Labute approximate surface area is 179 Å². The molecule has 1 fully saturated rings. The molecule has 0 atom stereocenters. The number of aryl methyl sites for hydroxylation is 1. The number of Topliss-reactive ketones (excluding diaryl/α,β-unsaturated/α-hetero) is 1. The number of rotatable bonds is 5. The Morgan fingerprint density at radius 1 is 1.13 bits per heavy atom. The Balaban J connectivity index is 1.33. The second-order valence-corrected chi connectivity index (χ2v) is 8.18. The van der Waals surface area contributed by atoms with Gasteiger partial charge in [0.1, 0.15) is 11.5 Å². The van der Waals surface area contributed by atoms with E-state index < -0.39 is 0 Å². The molecule has 1 aromatic carbocycles. The van der Waals surface area contributed by atoms with Gasteiger partial charge < -0.3 is 4.90 Å². The first kappa shape index (κ1) is 19.5. The first-order valence-electron chi connectivity index (χ1n) is 10.4. The lowest BCUT2D eigenvalue weighted by Gasteiger charge is -2.28. The lowest BCUT2D eigenvalue weighted by molar-refractivity contribution is 0.0990. The normalized spacial score (nSPS) is 15.5. The van der Waals surface area contributed by atoms with Crippen LogP contribution in [0.15, 0.2) is 43.0 Å². The van der Waals surface area contributed by atoms with Crippen molar-refractivity contribution in [1.29, 1.82) is 0 Å². The third-order valence-electron chi connectivity index (χ3n) is 5.84. The molecule has 3 aromatic heterocycles. The van der Waals surface area contributed by atoms with Gasteiger partial charge in [-0.05, 0) is 39.0 Å². The lowest BCUT2D eigenvalue weighted by Crippen LogP contribution is -2.31. The molecule has 0 saturated carbocycles. The summed E-state index contributed by atoms with van der Waals surface area (Å²) in [6.45, 7) is 2.10. The van der Waals surface area contributed by atoms with E-state index in [1.807, 2.05) is 42.3 Å². The van der Waals surface area contributed by atoms with E-state index in [2.05, 4.69) is 37.3 Å². The fraction of sp³-hybridized carbons (Fsp3) is 0.364. The molecule has 1 aliphatic heterocycles. The van der Waals surface area contributed by atoms with Crippen molar-refractivity contribution in [2.75, 3.05) is 20.1 Å². The van der Waals surface area contributed by atoms with Crippen LogP contribution in [0.5, 0.6) is 0 Å². The van der Waals surface area contributed by atoms with Crippen LogP contribution in [0.1, 0.15) is 35.1 Å². The fourth-order valence-electron chi connectivity index (χ4n) is 3.97. The molecule has 1 aliphatic rings. The molecule has 0 spiro atoms. The highest BCUT2D eigenvalue weighted by Crippen LogP contribution is 2.23. The number of benzene rings is 1. The van der Waals surface area contributed by atoms with Crippen LogP contribution < -0.4 is 0 Å². The van der Waals surface area contributed by atoms with Crippen LogP contribution >= 0.6 is 0 Å². The summed E-state index contributed by atoms with van der Waals surface area (Å²) in [4.78, 5) is 24.2. The van der Waals surface area contributed by atoms with E-state index in [4.69, 9.17) is 0 Å². The van der Waals surface area contributed by atoms with Gasteiger partial charge in [0.05, 0.1) is 35.9 Å². The Hall–Kier alpha value is -3.46. The topological polar surface area (TPSA) is 94.6 Å². The lowest BCUT2D eigenvalue weighted by atomic mass is 10.1. The minimum Gasteiger partial charge on any atom is -0.306 e. The summed E-state index contributed by atoms with van der Waals surface area (Å²) in [7, 11) is 3.96. The van der Waals surface area contributed by atoms with Gasteiger partial charge in [0, 0.05) is 30.4 Å². The van der Waals surface area contributed by atoms with Crippen molar-refractivity contribution in [2.24, 2.45) is 7.05 Å². The summed E-state index contributed by atoms with van der Waals surface area (Å²) in [6, 6.07) is 6.23. The van der Waals surface area contributed by atoms with Crippen molar-refractivity contribution < 1.29 is 4.79 Å². The van der Waals surface area contributed by atoms with Crippen molar-refractivity contribution in [3.63, 3.8) is 0 Å². The smallest absolute Gasteiger partial charge is 0.173 e. The Morgan fingerprint density at radius 3 is 2.74 bits per heavy atom. The maximum absolute atomic E-state index is 12.8. The molecule has 4 aromatic rings. The van der Waals surface area contributed by atoms with Gasteiger partial charge in [-0.3, -0.25) is 14.2 Å². The summed E-state index contributed by atoms with van der Waals surface area (Å²) < 4.78 is 3.60. The highest BCUT2D eigenvalue weighted by Gasteiger charge is 2.20. The van der Waals surface area contributed by atoms with E-state index in [0.29, 0.717) is 17.4 Å². The maximum Gasteiger partial charge on any atom is 0.173 e. The monoisotopic (exact) mass is 416 g/mol. The molecule has 1 saturated heterocycles. The van der Waals surface area contributed by atoms with E-state index >= 15 is 0 Å². The molecule has 5 rings (SSSR count). The summed E-state index contributed by atoms with van der Waals surface area (Å²) >= 11 is 0. The van der Waals surface area contributed by atoms with E-state index in [1.165, 1.54) is 0 Å². The van der Waals surface area contributed by atoms with Gasteiger partial charge in [-0.1, -0.05) is 17.3 Å². The van der Waals surface area contributed by atoms with Gasteiger partial charge in [0.15, 0.2) is 5.78 Å². The van der Waals surface area contributed by atoms with Gasteiger partial charge >= 0.3 is 0 Å². The highest BCUT2D eigenvalue weighted by atomic mass is 16.1. The van der Waals surface area contributed by atoms with Gasteiger partial charge in [-0.2, -0.15) is 5.10 Å². The molecule has 9 heteroatoms. The van der Waals surface area contributed by atoms with Crippen LogP contribution in [-0.4, -0.2) is 65.6 Å². The standard InChI is InChI=1S/C22H24N8O/c1-28-7-5-18(6-8-28)30-13-17(12-24-30)21(31)10-22-23-11-16-4-3-15(9-19(16)25-22)20-14-29(2)27-26-20/h3-4,9,11-14,18H,5-8,10H2,1-2H3. The number of hydrogen-bond donors (Lipinski definition) is 0. The first-order valence-corrected chi connectivity index (χ1v) is 10.4. The number of nitrogens with zero attached hydrogens (tertiary/aromatic N) is 8. The molecule has 158 valence electrons.